The fraction of sp³-hybridized carbons (Fsp3) is 0.731. The summed E-state index contributed by atoms with van der Waals surface area (Å²) < 4.78 is 5.84. The van der Waals surface area contributed by atoms with E-state index in [1.165, 1.54) is 68.4 Å². The molecule has 5 rings (SSSR count). The first-order valence-corrected chi connectivity index (χ1v) is 12.6. The number of piperazine rings is 1. The maximum absolute atomic E-state index is 12.9. The first kappa shape index (κ1) is 21.1. The number of hydrogen-bond donors (Lipinski definition) is 0. The Bertz CT molecular complexity index is 788. The van der Waals surface area contributed by atoms with E-state index in [1.807, 2.05) is 4.90 Å². The summed E-state index contributed by atoms with van der Waals surface area (Å²) in [5.74, 6) is 0. The van der Waals surface area contributed by atoms with Gasteiger partial charge in [0, 0.05) is 56.4 Å². The van der Waals surface area contributed by atoms with Gasteiger partial charge in [-0.25, -0.2) is 4.79 Å². The summed E-state index contributed by atoms with van der Waals surface area (Å²) in [6.07, 6.45) is 10.0. The van der Waals surface area contributed by atoms with Crippen LogP contribution in [0.2, 0.25) is 0 Å². The molecule has 1 aromatic rings. The number of carbonyl (C=O) groups excluding carboxylic acids is 1. The molecule has 0 spiro atoms. The normalized spacial score (nSPS) is 25.1. The molecule has 2 heterocycles. The van der Waals surface area contributed by atoms with Gasteiger partial charge < -0.3 is 14.5 Å². The maximum Gasteiger partial charge on any atom is 0.410 e. The Morgan fingerprint density at radius 1 is 0.968 bits per heavy atom. The number of nitrogens with zero attached hydrogens (tertiary/aromatic N) is 3. The van der Waals surface area contributed by atoms with Crippen LogP contribution in [0.15, 0.2) is 18.2 Å². The van der Waals surface area contributed by atoms with Crippen LogP contribution in [0.3, 0.4) is 0 Å². The molecular formula is C26H39N3O2. The van der Waals surface area contributed by atoms with E-state index in [0.29, 0.717) is 6.54 Å². The summed E-state index contributed by atoms with van der Waals surface area (Å²) in [7, 11) is 0. The maximum atomic E-state index is 12.9. The molecule has 2 saturated carbocycles. The van der Waals surface area contributed by atoms with E-state index in [1.54, 1.807) is 0 Å². The van der Waals surface area contributed by atoms with Crippen LogP contribution in [-0.2, 0) is 16.7 Å². The average molecular weight is 426 g/mol. The number of carbonyl (C=O) groups is 1. The Morgan fingerprint density at radius 3 is 2.35 bits per heavy atom. The number of hydrogen-bond acceptors (Lipinski definition) is 4. The lowest BCUT2D eigenvalue weighted by molar-refractivity contribution is 0.0545. The van der Waals surface area contributed by atoms with Gasteiger partial charge in [-0.1, -0.05) is 32.8 Å². The van der Waals surface area contributed by atoms with Crippen LogP contribution < -0.4 is 4.90 Å². The monoisotopic (exact) mass is 425 g/mol. The van der Waals surface area contributed by atoms with Crippen LogP contribution in [0.4, 0.5) is 10.5 Å². The van der Waals surface area contributed by atoms with Crippen molar-refractivity contribution >= 4 is 11.8 Å². The van der Waals surface area contributed by atoms with E-state index < -0.39 is 0 Å². The van der Waals surface area contributed by atoms with E-state index in [9.17, 15) is 4.79 Å². The van der Waals surface area contributed by atoms with Gasteiger partial charge in [0.1, 0.15) is 6.10 Å². The van der Waals surface area contributed by atoms with Crippen molar-refractivity contribution in [3.63, 3.8) is 0 Å². The number of amides is 1. The Morgan fingerprint density at radius 2 is 1.65 bits per heavy atom. The zero-order valence-corrected chi connectivity index (χ0v) is 19.4. The van der Waals surface area contributed by atoms with Crippen molar-refractivity contribution in [2.24, 2.45) is 0 Å². The third-order valence-electron chi connectivity index (χ3n) is 8.11. The summed E-state index contributed by atoms with van der Waals surface area (Å²) in [4.78, 5) is 20.1. The summed E-state index contributed by atoms with van der Waals surface area (Å²) in [6, 6.07) is 7.79. The van der Waals surface area contributed by atoms with Gasteiger partial charge in [0.15, 0.2) is 0 Å². The van der Waals surface area contributed by atoms with Gasteiger partial charge in [0.2, 0.25) is 0 Å². The standard InChI is InChI=1S/C26H39N3O2/c1-26(2)19-29(25(30)31-23-9-5-6-10-23)18-20-17-22(11-12-24(20)26)28-15-13-27(14-16-28)21-7-3-4-8-21/h11-12,17,21,23H,3-10,13-16,18-19H2,1-2H3. The molecule has 0 bridgehead atoms. The second-order valence-electron chi connectivity index (χ2n) is 10.8. The highest BCUT2D eigenvalue weighted by molar-refractivity contribution is 5.69. The molecule has 0 atom stereocenters. The van der Waals surface area contributed by atoms with Crippen molar-refractivity contribution in [2.45, 2.75) is 89.3 Å². The quantitative estimate of drug-likeness (QED) is 0.688. The van der Waals surface area contributed by atoms with E-state index in [-0.39, 0.29) is 17.6 Å². The predicted octanol–water partition coefficient (Wildman–Crippen LogP) is 4.92. The lowest BCUT2D eigenvalue weighted by Gasteiger charge is -2.42. The minimum Gasteiger partial charge on any atom is -0.446 e. The molecule has 5 heteroatoms. The van der Waals surface area contributed by atoms with E-state index >= 15 is 0 Å². The number of rotatable bonds is 3. The molecule has 4 aliphatic rings. The summed E-state index contributed by atoms with van der Waals surface area (Å²) in [5.41, 5.74) is 3.93. The number of anilines is 1. The van der Waals surface area contributed by atoms with E-state index in [4.69, 9.17) is 4.74 Å². The summed E-state index contributed by atoms with van der Waals surface area (Å²) >= 11 is 0. The van der Waals surface area contributed by atoms with Crippen molar-refractivity contribution in [3.8, 4) is 0 Å². The Hall–Kier alpha value is -1.75. The number of benzene rings is 1. The third-order valence-corrected chi connectivity index (χ3v) is 8.11. The number of ether oxygens (including phenoxy) is 1. The average Bonchev–Trinajstić information content (AvgIpc) is 3.47. The molecule has 1 saturated heterocycles. The van der Waals surface area contributed by atoms with Crippen molar-refractivity contribution in [1.29, 1.82) is 0 Å². The summed E-state index contributed by atoms with van der Waals surface area (Å²) in [5, 5.41) is 0. The fourth-order valence-corrected chi connectivity index (χ4v) is 6.36. The van der Waals surface area contributed by atoms with Crippen molar-refractivity contribution in [1.82, 2.24) is 9.80 Å². The van der Waals surface area contributed by atoms with Crippen LogP contribution in [0.25, 0.3) is 0 Å². The predicted molar refractivity (Wildman–Crippen MR) is 125 cm³/mol. The van der Waals surface area contributed by atoms with Gasteiger partial charge in [-0.3, -0.25) is 4.90 Å². The molecule has 0 N–H and O–H groups in total. The molecule has 0 aromatic heterocycles. The minimum absolute atomic E-state index is 0.0536. The van der Waals surface area contributed by atoms with Crippen molar-refractivity contribution in [3.05, 3.63) is 29.3 Å². The fourth-order valence-electron chi connectivity index (χ4n) is 6.36. The van der Waals surface area contributed by atoms with Gasteiger partial charge in [0.05, 0.1) is 0 Å². The van der Waals surface area contributed by atoms with E-state index in [0.717, 1.165) is 38.5 Å². The van der Waals surface area contributed by atoms with Crippen LogP contribution >= 0.6 is 0 Å². The van der Waals surface area contributed by atoms with E-state index in [2.05, 4.69) is 41.8 Å². The highest BCUT2D eigenvalue weighted by Gasteiger charge is 2.36. The second kappa shape index (κ2) is 8.65. The largest absolute Gasteiger partial charge is 0.446 e. The topological polar surface area (TPSA) is 36.0 Å². The van der Waals surface area contributed by atoms with Gasteiger partial charge in [-0.15, -0.1) is 0 Å². The molecule has 0 radical (unpaired) electrons. The molecule has 31 heavy (non-hydrogen) atoms. The second-order valence-corrected chi connectivity index (χ2v) is 10.8. The molecule has 1 aromatic carbocycles. The molecule has 1 amide bonds. The zero-order chi connectivity index (χ0) is 21.4. The summed E-state index contributed by atoms with van der Waals surface area (Å²) in [6.45, 7) is 10.4. The number of fused-ring (bicyclic) bond motifs is 1. The lowest BCUT2D eigenvalue weighted by Crippen LogP contribution is -2.50. The molecule has 5 nitrogen and oxygen atoms in total. The SMILES string of the molecule is CC1(C)CN(C(=O)OC2CCCC2)Cc2cc(N3CCN(C4CCCC4)CC3)ccc21. The Balaban J connectivity index is 1.27. The molecule has 2 aliphatic carbocycles. The van der Waals surface area contributed by atoms with Crippen molar-refractivity contribution in [2.75, 3.05) is 37.6 Å². The smallest absolute Gasteiger partial charge is 0.410 e. The minimum atomic E-state index is -0.124. The van der Waals surface area contributed by atoms with Crippen molar-refractivity contribution < 1.29 is 9.53 Å². The lowest BCUT2D eigenvalue weighted by atomic mass is 9.78. The Kier molecular flexibility index (Phi) is 5.89. The molecule has 3 fully saturated rings. The molecule has 0 unspecified atom stereocenters. The first-order chi connectivity index (χ1) is 15.0. The molecule has 2 aliphatic heterocycles. The molecule has 170 valence electrons. The first-order valence-electron chi connectivity index (χ1n) is 12.6. The van der Waals surface area contributed by atoms with Gasteiger partial charge in [-0.05, 0) is 61.8 Å². The van der Waals surface area contributed by atoms with Gasteiger partial charge in [0.25, 0.3) is 0 Å². The third kappa shape index (κ3) is 4.44. The molecular weight excluding hydrogens is 386 g/mol. The van der Waals surface area contributed by atoms with Crippen LogP contribution in [-0.4, -0.2) is 60.8 Å². The van der Waals surface area contributed by atoms with Gasteiger partial charge in [-0.2, -0.15) is 0 Å². The van der Waals surface area contributed by atoms with Crippen LogP contribution in [0.1, 0.15) is 76.3 Å². The van der Waals surface area contributed by atoms with Crippen LogP contribution in [0.5, 0.6) is 0 Å². The van der Waals surface area contributed by atoms with Gasteiger partial charge >= 0.3 is 6.09 Å². The zero-order valence-electron chi connectivity index (χ0n) is 19.4. The highest BCUT2D eigenvalue weighted by Crippen LogP contribution is 2.36. The highest BCUT2D eigenvalue weighted by atomic mass is 16.6. The Labute approximate surface area is 187 Å². The van der Waals surface area contributed by atoms with Crippen LogP contribution in [0, 0.1) is 0 Å².